The molecule has 0 bridgehead atoms. The van der Waals surface area contributed by atoms with Crippen molar-refractivity contribution in [2.24, 2.45) is 0 Å². The van der Waals surface area contributed by atoms with Crippen LogP contribution in [0.4, 0.5) is 0 Å². The molecule has 1 aromatic rings. The fourth-order valence-corrected chi connectivity index (χ4v) is 2.43. The molecule has 4 heteroatoms. The Hall–Kier alpha value is -0.870. The maximum Gasteiger partial charge on any atom is 0.0728 e. The van der Waals surface area contributed by atoms with Gasteiger partial charge in [0.05, 0.1) is 11.8 Å². The van der Waals surface area contributed by atoms with Crippen molar-refractivity contribution < 1.29 is 4.74 Å². The molecule has 1 rings (SSSR count). The van der Waals surface area contributed by atoms with E-state index >= 15 is 0 Å². The van der Waals surface area contributed by atoms with Crippen molar-refractivity contribution in [3.05, 3.63) is 18.0 Å². The maximum atomic E-state index is 5.68. The predicted molar refractivity (Wildman–Crippen MR) is 84.1 cm³/mol. The smallest absolute Gasteiger partial charge is 0.0728 e. The van der Waals surface area contributed by atoms with Crippen molar-refractivity contribution in [2.75, 3.05) is 13.7 Å². The molecule has 0 fully saturated rings. The minimum atomic E-state index is 0.260. The second-order valence-electron chi connectivity index (χ2n) is 5.71. The monoisotopic (exact) mass is 281 g/mol. The van der Waals surface area contributed by atoms with Gasteiger partial charge in [-0.15, -0.1) is 0 Å². The van der Waals surface area contributed by atoms with Gasteiger partial charge in [-0.2, -0.15) is 5.10 Å². The van der Waals surface area contributed by atoms with E-state index in [4.69, 9.17) is 4.74 Å². The van der Waals surface area contributed by atoms with Crippen LogP contribution in [-0.4, -0.2) is 35.6 Å². The van der Waals surface area contributed by atoms with Gasteiger partial charge in [0, 0.05) is 31.8 Å². The lowest BCUT2D eigenvalue weighted by Crippen LogP contribution is -2.43. The molecule has 0 saturated heterocycles. The highest BCUT2D eigenvalue weighted by Crippen LogP contribution is 2.13. The number of methoxy groups -OCH3 is 1. The summed E-state index contributed by atoms with van der Waals surface area (Å²) >= 11 is 0. The molecule has 0 spiro atoms. The summed E-state index contributed by atoms with van der Waals surface area (Å²) in [6, 6.07) is 2.88. The van der Waals surface area contributed by atoms with Crippen LogP contribution in [0.1, 0.15) is 58.7 Å². The van der Waals surface area contributed by atoms with Gasteiger partial charge in [0.2, 0.25) is 0 Å². The topological polar surface area (TPSA) is 39.1 Å². The molecule has 0 aliphatic heterocycles. The van der Waals surface area contributed by atoms with Crippen LogP contribution in [0.2, 0.25) is 0 Å². The number of hydrogen-bond donors (Lipinski definition) is 1. The lowest BCUT2D eigenvalue weighted by molar-refractivity contribution is 0.0605. The van der Waals surface area contributed by atoms with Crippen molar-refractivity contribution in [3.63, 3.8) is 0 Å². The highest BCUT2D eigenvalue weighted by molar-refractivity contribution is 5.03. The summed E-state index contributed by atoms with van der Waals surface area (Å²) < 4.78 is 7.70. The SMILES string of the molecule is CCCNC(Cc1ccn(C(C)C)n1)C(CCC)OC. The molecule has 0 aromatic carbocycles. The van der Waals surface area contributed by atoms with E-state index in [-0.39, 0.29) is 6.10 Å². The second kappa shape index (κ2) is 9.14. The van der Waals surface area contributed by atoms with E-state index in [0.29, 0.717) is 12.1 Å². The quantitative estimate of drug-likeness (QED) is 0.716. The van der Waals surface area contributed by atoms with Crippen LogP contribution in [0.15, 0.2) is 12.3 Å². The normalized spacial score (nSPS) is 14.7. The number of nitrogens with zero attached hydrogens (tertiary/aromatic N) is 2. The van der Waals surface area contributed by atoms with Crippen molar-refractivity contribution in [3.8, 4) is 0 Å². The van der Waals surface area contributed by atoms with Crippen LogP contribution in [0, 0.1) is 0 Å². The van der Waals surface area contributed by atoms with Gasteiger partial charge in [0.1, 0.15) is 0 Å². The van der Waals surface area contributed by atoms with Crippen LogP contribution >= 0.6 is 0 Å². The summed E-state index contributed by atoms with van der Waals surface area (Å²) in [6.07, 6.45) is 6.62. The molecular formula is C16H31N3O. The lowest BCUT2D eigenvalue weighted by Gasteiger charge is -2.26. The molecule has 0 amide bonds. The van der Waals surface area contributed by atoms with Crippen molar-refractivity contribution in [2.45, 2.75) is 71.6 Å². The zero-order valence-electron chi connectivity index (χ0n) is 13.7. The number of nitrogens with one attached hydrogen (secondary N) is 1. The molecule has 0 aliphatic rings. The van der Waals surface area contributed by atoms with Crippen LogP contribution in [0.5, 0.6) is 0 Å². The Morgan fingerprint density at radius 3 is 2.55 bits per heavy atom. The number of aromatic nitrogens is 2. The molecule has 1 N–H and O–H groups in total. The zero-order valence-corrected chi connectivity index (χ0v) is 13.7. The first-order valence-electron chi connectivity index (χ1n) is 7.92. The van der Waals surface area contributed by atoms with Crippen LogP contribution in [-0.2, 0) is 11.2 Å². The molecule has 0 aliphatic carbocycles. The molecule has 1 aromatic heterocycles. The van der Waals surface area contributed by atoms with Gasteiger partial charge in [-0.1, -0.05) is 20.3 Å². The third-order valence-electron chi connectivity index (χ3n) is 3.60. The lowest BCUT2D eigenvalue weighted by atomic mass is 10.0. The first-order valence-corrected chi connectivity index (χ1v) is 7.92. The summed E-state index contributed by atoms with van der Waals surface area (Å²) in [5.41, 5.74) is 1.14. The Labute approximate surface area is 123 Å². The second-order valence-corrected chi connectivity index (χ2v) is 5.71. The standard InChI is InChI=1S/C16H31N3O/c1-6-8-16(20-5)15(17-10-7-2)12-14-9-11-19(18-14)13(3)4/h9,11,13,15-17H,6-8,10,12H2,1-5H3. The Kier molecular flexibility index (Phi) is 7.85. The third-order valence-corrected chi connectivity index (χ3v) is 3.60. The van der Waals surface area contributed by atoms with E-state index in [1.165, 1.54) is 0 Å². The van der Waals surface area contributed by atoms with Crippen molar-refractivity contribution in [1.29, 1.82) is 0 Å². The summed E-state index contributed by atoms with van der Waals surface area (Å²) in [5.74, 6) is 0. The Balaban J connectivity index is 2.70. The van der Waals surface area contributed by atoms with Gasteiger partial charge < -0.3 is 10.1 Å². The molecular weight excluding hydrogens is 250 g/mol. The molecule has 2 atom stereocenters. The third kappa shape index (κ3) is 5.25. The first kappa shape index (κ1) is 17.2. The predicted octanol–water partition coefficient (Wildman–Crippen LogP) is 3.19. The highest BCUT2D eigenvalue weighted by Gasteiger charge is 2.21. The van der Waals surface area contributed by atoms with Crippen molar-refractivity contribution in [1.82, 2.24) is 15.1 Å². The fraction of sp³-hybridized carbons (Fsp3) is 0.812. The van der Waals surface area contributed by atoms with E-state index in [0.717, 1.165) is 37.9 Å². The Morgan fingerprint density at radius 1 is 1.30 bits per heavy atom. The van der Waals surface area contributed by atoms with E-state index in [2.05, 4.69) is 50.4 Å². The molecule has 4 nitrogen and oxygen atoms in total. The first-order chi connectivity index (χ1) is 9.62. The van der Waals surface area contributed by atoms with Gasteiger partial charge in [0.15, 0.2) is 0 Å². The summed E-state index contributed by atoms with van der Waals surface area (Å²) in [4.78, 5) is 0. The average molecular weight is 281 g/mol. The van der Waals surface area contributed by atoms with E-state index in [1.54, 1.807) is 0 Å². The molecule has 0 saturated carbocycles. The van der Waals surface area contributed by atoms with Crippen LogP contribution < -0.4 is 5.32 Å². The molecule has 20 heavy (non-hydrogen) atoms. The highest BCUT2D eigenvalue weighted by atomic mass is 16.5. The largest absolute Gasteiger partial charge is 0.380 e. The molecule has 116 valence electrons. The van der Waals surface area contributed by atoms with Gasteiger partial charge >= 0.3 is 0 Å². The summed E-state index contributed by atoms with van der Waals surface area (Å²) in [7, 11) is 1.81. The van der Waals surface area contributed by atoms with Gasteiger partial charge in [-0.3, -0.25) is 4.68 Å². The van der Waals surface area contributed by atoms with Crippen molar-refractivity contribution >= 4 is 0 Å². The number of rotatable bonds is 10. The Bertz CT molecular complexity index is 362. The summed E-state index contributed by atoms with van der Waals surface area (Å²) in [6.45, 7) is 9.73. The van der Waals surface area contributed by atoms with E-state index < -0.39 is 0 Å². The number of ether oxygens (including phenoxy) is 1. The molecule has 1 heterocycles. The van der Waals surface area contributed by atoms with E-state index in [1.807, 2.05) is 11.8 Å². The fourth-order valence-electron chi connectivity index (χ4n) is 2.43. The minimum Gasteiger partial charge on any atom is -0.380 e. The molecule has 0 radical (unpaired) electrons. The number of hydrogen-bond acceptors (Lipinski definition) is 3. The van der Waals surface area contributed by atoms with Crippen LogP contribution in [0.25, 0.3) is 0 Å². The zero-order chi connectivity index (χ0) is 15.0. The van der Waals surface area contributed by atoms with Gasteiger partial charge in [-0.25, -0.2) is 0 Å². The van der Waals surface area contributed by atoms with Crippen LogP contribution in [0.3, 0.4) is 0 Å². The maximum absolute atomic E-state index is 5.68. The molecule has 2 unspecified atom stereocenters. The minimum absolute atomic E-state index is 0.260. The Morgan fingerprint density at radius 2 is 2.05 bits per heavy atom. The van der Waals surface area contributed by atoms with Gasteiger partial charge in [-0.05, 0) is 39.3 Å². The van der Waals surface area contributed by atoms with Gasteiger partial charge in [0.25, 0.3) is 0 Å². The summed E-state index contributed by atoms with van der Waals surface area (Å²) in [5, 5.41) is 8.27. The average Bonchev–Trinajstić information content (AvgIpc) is 2.89. The van der Waals surface area contributed by atoms with E-state index in [9.17, 15) is 0 Å².